The van der Waals surface area contributed by atoms with Crippen molar-refractivity contribution in [1.29, 1.82) is 0 Å². The number of nitrogens with two attached hydrogens (primary N) is 1. The third-order valence-corrected chi connectivity index (χ3v) is 3.90. The highest BCUT2D eigenvalue weighted by Crippen LogP contribution is 2.27. The Labute approximate surface area is 161 Å². The minimum absolute atomic E-state index is 0. The van der Waals surface area contributed by atoms with Crippen LogP contribution in [-0.4, -0.2) is 19.1 Å². The van der Waals surface area contributed by atoms with E-state index in [0.717, 1.165) is 5.56 Å². The van der Waals surface area contributed by atoms with E-state index in [-0.39, 0.29) is 23.7 Å². The number of hydrogen-bond donors (Lipinski definition) is 2. The van der Waals surface area contributed by atoms with Crippen molar-refractivity contribution < 1.29 is 14.3 Å². The summed E-state index contributed by atoms with van der Waals surface area (Å²) in [6.45, 7) is 8.10. The molecule has 1 atom stereocenters. The van der Waals surface area contributed by atoms with Gasteiger partial charge in [-0.15, -0.1) is 12.4 Å². The van der Waals surface area contributed by atoms with Crippen LogP contribution in [0.25, 0.3) is 0 Å². The van der Waals surface area contributed by atoms with Crippen molar-refractivity contribution in [3.8, 4) is 11.5 Å². The number of methoxy groups -OCH3 is 1. The number of benzene rings is 2. The van der Waals surface area contributed by atoms with E-state index in [0.29, 0.717) is 22.9 Å². The monoisotopic (exact) mass is 378 g/mol. The molecule has 0 spiro atoms. The molecule has 0 aliphatic heterocycles. The molecule has 142 valence electrons. The smallest absolute Gasteiger partial charge is 0.265 e. The minimum Gasteiger partial charge on any atom is -0.497 e. The molecule has 0 aliphatic rings. The van der Waals surface area contributed by atoms with Crippen molar-refractivity contribution in [2.75, 3.05) is 18.2 Å². The zero-order valence-corrected chi connectivity index (χ0v) is 16.6. The number of anilines is 2. The Hall–Kier alpha value is -2.40. The van der Waals surface area contributed by atoms with E-state index in [2.05, 4.69) is 32.2 Å². The van der Waals surface area contributed by atoms with Crippen molar-refractivity contribution >= 4 is 29.7 Å². The van der Waals surface area contributed by atoms with Crippen LogP contribution in [0.1, 0.15) is 33.3 Å². The molecule has 0 saturated carbocycles. The first-order valence-corrected chi connectivity index (χ1v) is 8.22. The number of nitrogens with one attached hydrogen (secondary N) is 1. The van der Waals surface area contributed by atoms with Gasteiger partial charge in [-0.05, 0) is 42.2 Å². The second kappa shape index (κ2) is 8.81. The standard InChI is InChI=1S/C20H26N2O3.ClH/c1-13(25-16-8-6-7-14(11-16)20(2,3)4)19(23)22-18-12-15(24-5)9-10-17(18)21;/h6-13H,21H2,1-5H3,(H,22,23);1H. The summed E-state index contributed by atoms with van der Waals surface area (Å²) in [6, 6.07) is 12.9. The fourth-order valence-electron chi connectivity index (χ4n) is 2.30. The Balaban J connectivity index is 0.00000338. The van der Waals surface area contributed by atoms with Crippen molar-refractivity contribution in [3.63, 3.8) is 0 Å². The van der Waals surface area contributed by atoms with Crippen LogP contribution in [0.3, 0.4) is 0 Å². The van der Waals surface area contributed by atoms with Gasteiger partial charge in [0.2, 0.25) is 0 Å². The van der Waals surface area contributed by atoms with Crippen LogP contribution < -0.4 is 20.5 Å². The summed E-state index contributed by atoms with van der Waals surface area (Å²) in [5.74, 6) is 1.01. The van der Waals surface area contributed by atoms with Crippen molar-refractivity contribution in [2.45, 2.75) is 39.2 Å². The second-order valence-electron chi connectivity index (χ2n) is 6.98. The van der Waals surface area contributed by atoms with Crippen LogP contribution in [0.15, 0.2) is 42.5 Å². The molecule has 0 aromatic heterocycles. The van der Waals surface area contributed by atoms with Crippen LogP contribution in [0.2, 0.25) is 0 Å². The van der Waals surface area contributed by atoms with E-state index in [1.54, 1.807) is 32.2 Å². The Kier molecular flexibility index (Phi) is 7.33. The first kappa shape index (κ1) is 21.6. The number of rotatable bonds is 5. The summed E-state index contributed by atoms with van der Waals surface area (Å²) in [4.78, 5) is 12.4. The van der Waals surface area contributed by atoms with Crippen molar-refractivity contribution in [3.05, 3.63) is 48.0 Å². The van der Waals surface area contributed by atoms with Gasteiger partial charge < -0.3 is 20.5 Å². The first-order chi connectivity index (χ1) is 11.7. The molecule has 1 unspecified atom stereocenters. The Morgan fingerprint density at radius 3 is 2.42 bits per heavy atom. The van der Waals surface area contributed by atoms with E-state index in [1.807, 2.05) is 18.2 Å². The molecule has 0 heterocycles. The molecule has 3 N–H and O–H groups in total. The lowest BCUT2D eigenvalue weighted by atomic mass is 9.87. The number of carbonyl (C=O) groups excluding carboxylic acids is 1. The topological polar surface area (TPSA) is 73.6 Å². The van der Waals surface area contributed by atoms with Gasteiger partial charge in [0.1, 0.15) is 11.5 Å². The van der Waals surface area contributed by atoms with Crippen molar-refractivity contribution in [2.24, 2.45) is 0 Å². The lowest BCUT2D eigenvalue weighted by Gasteiger charge is -2.21. The van der Waals surface area contributed by atoms with Gasteiger partial charge in [-0.3, -0.25) is 4.79 Å². The molecule has 1 amide bonds. The van der Waals surface area contributed by atoms with Gasteiger partial charge in [0.05, 0.1) is 18.5 Å². The molecule has 0 aliphatic carbocycles. The third-order valence-electron chi connectivity index (χ3n) is 3.90. The summed E-state index contributed by atoms with van der Waals surface area (Å²) in [7, 11) is 1.56. The summed E-state index contributed by atoms with van der Waals surface area (Å²) in [6.07, 6.45) is -0.666. The predicted octanol–water partition coefficient (Wildman–Crippen LogP) is 4.40. The predicted molar refractivity (Wildman–Crippen MR) is 109 cm³/mol. The van der Waals surface area contributed by atoms with Crippen LogP contribution in [0.5, 0.6) is 11.5 Å². The molecule has 0 bridgehead atoms. The molecular formula is C20H27ClN2O3. The van der Waals surface area contributed by atoms with E-state index >= 15 is 0 Å². The Bertz CT molecular complexity index is 757. The maximum atomic E-state index is 12.4. The zero-order valence-electron chi connectivity index (χ0n) is 15.8. The van der Waals surface area contributed by atoms with Gasteiger partial charge in [-0.1, -0.05) is 32.9 Å². The highest BCUT2D eigenvalue weighted by molar-refractivity contribution is 5.97. The van der Waals surface area contributed by atoms with Gasteiger partial charge in [0.15, 0.2) is 6.10 Å². The molecule has 0 radical (unpaired) electrons. The van der Waals surface area contributed by atoms with E-state index in [9.17, 15) is 4.79 Å². The van der Waals surface area contributed by atoms with Gasteiger partial charge in [-0.2, -0.15) is 0 Å². The van der Waals surface area contributed by atoms with Gasteiger partial charge in [-0.25, -0.2) is 0 Å². The molecular weight excluding hydrogens is 352 g/mol. The molecule has 5 nitrogen and oxygen atoms in total. The van der Waals surface area contributed by atoms with Crippen LogP contribution >= 0.6 is 12.4 Å². The Morgan fingerprint density at radius 1 is 1.12 bits per heavy atom. The second-order valence-corrected chi connectivity index (χ2v) is 6.98. The van der Waals surface area contributed by atoms with E-state index < -0.39 is 6.10 Å². The summed E-state index contributed by atoms with van der Waals surface area (Å²) in [5.41, 5.74) is 8.04. The average Bonchev–Trinajstić information content (AvgIpc) is 2.56. The number of nitrogen functional groups attached to an aromatic ring is 1. The van der Waals surface area contributed by atoms with Gasteiger partial charge in [0, 0.05) is 6.07 Å². The highest BCUT2D eigenvalue weighted by Gasteiger charge is 2.18. The molecule has 26 heavy (non-hydrogen) atoms. The quantitative estimate of drug-likeness (QED) is 0.756. The minimum atomic E-state index is -0.666. The van der Waals surface area contributed by atoms with E-state index in [1.165, 1.54) is 0 Å². The molecule has 2 aromatic rings. The van der Waals surface area contributed by atoms with E-state index in [4.69, 9.17) is 15.2 Å². The number of halogens is 1. The third kappa shape index (κ3) is 5.56. The lowest BCUT2D eigenvalue weighted by molar-refractivity contribution is -0.122. The molecule has 2 aromatic carbocycles. The van der Waals surface area contributed by atoms with Crippen molar-refractivity contribution in [1.82, 2.24) is 0 Å². The maximum Gasteiger partial charge on any atom is 0.265 e. The lowest BCUT2D eigenvalue weighted by Crippen LogP contribution is -2.30. The van der Waals surface area contributed by atoms with Gasteiger partial charge >= 0.3 is 0 Å². The zero-order chi connectivity index (χ0) is 18.6. The SMILES string of the molecule is COc1ccc(N)c(NC(=O)C(C)Oc2cccc(C(C)(C)C)c2)c1.Cl. The molecule has 6 heteroatoms. The largest absolute Gasteiger partial charge is 0.497 e. The maximum absolute atomic E-state index is 12.4. The fraction of sp³-hybridized carbons (Fsp3) is 0.350. The number of ether oxygens (including phenoxy) is 2. The number of carbonyl (C=O) groups is 1. The Morgan fingerprint density at radius 2 is 1.81 bits per heavy atom. The summed E-state index contributed by atoms with van der Waals surface area (Å²) >= 11 is 0. The molecule has 0 fully saturated rings. The fourth-order valence-corrected chi connectivity index (χ4v) is 2.30. The van der Waals surface area contributed by atoms with Crippen LogP contribution in [0, 0.1) is 0 Å². The number of hydrogen-bond acceptors (Lipinski definition) is 4. The normalized spacial score (nSPS) is 11.9. The first-order valence-electron chi connectivity index (χ1n) is 8.22. The highest BCUT2D eigenvalue weighted by atomic mass is 35.5. The molecule has 0 saturated heterocycles. The number of amides is 1. The van der Waals surface area contributed by atoms with Gasteiger partial charge in [0.25, 0.3) is 5.91 Å². The molecule has 2 rings (SSSR count). The summed E-state index contributed by atoms with van der Waals surface area (Å²) in [5, 5.41) is 2.78. The summed E-state index contributed by atoms with van der Waals surface area (Å²) < 4.78 is 11.0. The average molecular weight is 379 g/mol. The van der Waals surface area contributed by atoms with Crippen LogP contribution in [-0.2, 0) is 10.2 Å². The van der Waals surface area contributed by atoms with Crippen LogP contribution in [0.4, 0.5) is 11.4 Å².